The van der Waals surface area contributed by atoms with Crippen molar-refractivity contribution in [3.8, 4) is 5.75 Å². The zero-order valence-electron chi connectivity index (χ0n) is 18.1. The zero-order chi connectivity index (χ0) is 22.5. The highest BCUT2D eigenvalue weighted by molar-refractivity contribution is 6.05. The molecule has 1 N–H and O–H groups in total. The van der Waals surface area contributed by atoms with E-state index >= 15 is 0 Å². The van der Waals surface area contributed by atoms with Crippen LogP contribution in [0.5, 0.6) is 5.75 Å². The van der Waals surface area contributed by atoms with Gasteiger partial charge in [-0.2, -0.15) is 0 Å². The first-order valence-corrected chi connectivity index (χ1v) is 10.6. The number of ether oxygens (including phenoxy) is 1. The highest BCUT2D eigenvalue weighted by Gasteiger charge is 2.31. The second-order valence-corrected chi connectivity index (χ2v) is 7.61. The highest BCUT2D eigenvalue weighted by atomic mass is 16.5. The molecular formula is C24H25N5O3. The molecule has 1 aromatic carbocycles. The third-order valence-electron chi connectivity index (χ3n) is 5.54. The van der Waals surface area contributed by atoms with Crippen LogP contribution in [0.1, 0.15) is 57.7 Å². The first-order valence-electron chi connectivity index (χ1n) is 10.6. The molecule has 8 heteroatoms. The first kappa shape index (κ1) is 21.4. The number of benzene rings is 1. The maximum Gasteiger partial charge on any atom is 0.273 e. The minimum Gasteiger partial charge on any atom is -0.495 e. The maximum absolute atomic E-state index is 13.0. The Morgan fingerprint density at radius 1 is 1.09 bits per heavy atom. The Hall–Kier alpha value is -3.81. The average Bonchev–Trinajstić information content (AvgIpc) is 2.84. The lowest BCUT2D eigenvalue weighted by molar-refractivity contribution is 0.0593. The molecule has 4 rings (SSSR count). The smallest absolute Gasteiger partial charge is 0.273 e. The first-order chi connectivity index (χ1) is 15.6. The number of amides is 2. The van der Waals surface area contributed by atoms with Gasteiger partial charge in [0.15, 0.2) is 5.82 Å². The van der Waals surface area contributed by atoms with Crippen LogP contribution >= 0.6 is 0 Å². The monoisotopic (exact) mass is 431 g/mol. The fraction of sp³-hybridized carbons (Fsp3) is 0.292. The van der Waals surface area contributed by atoms with Crippen molar-refractivity contribution in [2.24, 2.45) is 0 Å². The van der Waals surface area contributed by atoms with Crippen molar-refractivity contribution < 1.29 is 14.3 Å². The number of piperidine rings is 1. The van der Waals surface area contributed by atoms with E-state index in [0.29, 0.717) is 40.8 Å². The summed E-state index contributed by atoms with van der Waals surface area (Å²) in [4.78, 5) is 40.9. The van der Waals surface area contributed by atoms with Crippen LogP contribution < -0.4 is 10.1 Å². The molecule has 0 unspecified atom stereocenters. The summed E-state index contributed by atoms with van der Waals surface area (Å²) in [5, 5.41) is 2.85. The summed E-state index contributed by atoms with van der Waals surface area (Å²) >= 11 is 0. The Morgan fingerprint density at radius 2 is 1.91 bits per heavy atom. The van der Waals surface area contributed by atoms with Gasteiger partial charge in [0.05, 0.1) is 30.1 Å². The third kappa shape index (κ3) is 4.44. The molecule has 1 aliphatic rings. The van der Waals surface area contributed by atoms with Gasteiger partial charge in [-0.15, -0.1) is 0 Å². The predicted molar refractivity (Wildman–Crippen MR) is 120 cm³/mol. The highest BCUT2D eigenvalue weighted by Crippen LogP contribution is 2.30. The normalized spacial score (nSPS) is 15.8. The number of likely N-dealkylation sites (tertiary alicyclic amines) is 1. The van der Waals surface area contributed by atoms with Crippen molar-refractivity contribution in [1.82, 2.24) is 19.9 Å². The van der Waals surface area contributed by atoms with Crippen LogP contribution in [0.25, 0.3) is 0 Å². The fourth-order valence-electron chi connectivity index (χ4n) is 3.89. The average molecular weight is 431 g/mol. The van der Waals surface area contributed by atoms with Gasteiger partial charge in [0, 0.05) is 18.9 Å². The number of anilines is 1. The summed E-state index contributed by atoms with van der Waals surface area (Å²) in [5.41, 5.74) is 1.91. The van der Waals surface area contributed by atoms with Crippen molar-refractivity contribution >= 4 is 17.5 Å². The summed E-state index contributed by atoms with van der Waals surface area (Å²) in [6.07, 6.45) is 5.82. The summed E-state index contributed by atoms with van der Waals surface area (Å²) in [6, 6.07) is 12.2. The van der Waals surface area contributed by atoms with Gasteiger partial charge in [0.25, 0.3) is 11.8 Å². The molecule has 0 spiro atoms. The van der Waals surface area contributed by atoms with E-state index in [4.69, 9.17) is 4.74 Å². The number of aromatic nitrogens is 3. The quantitative estimate of drug-likeness (QED) is 0.660. The number of methoxy groups -OCH3 is 1. The van der Waals surface area contributed by atoms with Crippen LogP contribution in [-0.2, 0) is 0 Å². The molecule has 1 atom stereocenters. The number of carbonyl (C=O) groups excluding carboxylic acids is 2. The summed E-state index contributed by atoms with van der Waals surface area (Å²) in [7, 11) is 1.55. The van der Waals surface area contributed by atoms with Gasteiger partial charge in [-0.25, -0.2) is 9.97 Å². The summed E-state index contributed by atoms with van der Waals surface area (Å²) in [5.74, 6) is 0.667. The van der Waals surface area contributed by atoms with Crippen molar-refractivity contribution in [2.45, 2.75) is 32.2 Å². The van der Waals surface area contributed by atoms with Crippen LogP contribution in [0.2, 0.25) is 0 Å². The molecule has 2 aromatic heterocycles. The number of carbonyl (C=O) groups is 2. The number of para-hydroxylation sites is 2. The van der Waals surface area contributed by atoms with Gasteiger partial charge in [0.1, 0.15) is 11.4 Å². The van der Waals surface area contributed by atoms with E-state index in [2.05, 4.69) is 20.3 Å². The Morgan fingerprint density at radius 3 is 2.66 bits per heavy atom. The molecule has 3 heterocycles. The van der Waals surface area contributed by atoms with E-state index < -0.39 is 0 Å². The Balaban J connectivity index is 1.56. The Labute approximate surface area is 186 Å². The fourth-order valence-corrected chi connectivity index (χ4v) is 3.89. The van der Waals surface area contributed by atoms with Crippen molar-refractivity contribution in [3.63, 3.8) is 0 Å². The molecule has 3 aromatic rings. The molecule has 164 valence electrons. The standard InChI is InChI=1S/C24H25N5O3/c1-16-17(23(30)28-18-9-3-4-12-21(18)32-2)15-26-22(27-16)20-11-6-8-14-29(20)24(31)19-10-5-7-13-25-19/h3-5,7,9-10,12-13,15,20H,6,8,11,14H2,1-2H3,(H,28,30)/t20-/m1/s1. The van der Waals surface area contributed by atoms with Crippen LogP contribution in [0.15, 0.2) is 54.9 Å². The van der Waals surface area contributed by atoms with Gasteiger partial charge in [-0.05, 0) is 50.5 Å². The molecule has 0 radical (unpaired) electrons. The molecule has 32 heavy (non-hydrogen) atoms. The third-order valence-corrected chi connectivity index (χ3v) is 5.54. The summed E-state index contributed by atoms with van der Waals surface area (Å²) < 4.78 is 5.29. The predicted octanol–water partition coefficient (Wildman–Crippen LogP) is 3.81. The summed E-state index contributed by atoms with van der Waals surface area (Å²) in [6.45, 7) is 2.40. The van der Waals surface area contributed by atoms with Gasteiger partial charge < -0.3 is 15.0 Å². The van der Waals surface area contributed by atoms with Crippen molar-refractivity contribution in [2.75, 3.05) is 19.0 Å². The van der Waals surface area contributed by atoms with Crippen LogP contribution in [-0.4, -0.2) is 45.3 Å². The number of nitrogens with one attached hydrogen (secondary N) is 1. The number of nitrogens with zero attached hydrogens (tertiary/aromatic N) is 4. The molecule has 0 saturated carbocycles. The van der Waals surface area contributed by atoms with E-state index in [1.54, 1.807) is 55.5 Å². The van der Waals surface area contributed by atoms with E-state index in [9.17, 15) is 9.59 Å². The lowest BCUT2D eigenvalue weighted by Gasteiger charge is -2.34. The zero-order valence-corrected chi connectivity index (χ0v) is 18.1. The molecule has 0 bridgehead atoms. The lowest BCUT2D eigenvalue weighted by Crippen LogP contribution is -2.39. The maximum atomic E-state index is 13.0. The number of hydrogen-bond donors (Lipinski definition) is 1. The van der Waals surface area contributed by atoms with Gasteiger partial charge in [-0.1, -0.05) is 18.2 Å². The number of pyridine rings is 1. The molecule has 0 aliphatic carbocycles. The molecule has 1 saturated heterocycles. The van der Waals surface area contributed by atoms with Crippen molar-refractivity contribution in [1.29, 1.82) is 0 Å². The minimum absolute atomic E-state index is 0.130. The van der Waals surface area contributed by atoms with Crippen LogP contribution in [0, 0.1) is 6.92 Å². The molecule has 8 nitrogen and oxygen atoms in total. The number of hydrogen-bond acceptors (Lipinski definition) is 6. The molecule has 2 amide bonds. The van der Waals surface area contributed by atoms with E-state index in [-0.39, 0.29) is 17.9 Å². The van der Waals surface area contributed by atoms with Gasteiger partial charge in [0.2, 0.25) is 0 Å². The van der Waals surface area contributed by atoms with Gasteiger partial charge in [-0.3, -0.25) is 14.6 Å². The second kappa shape index (κ2) is 9.55. The molecular weight excluding hydrogens is 406 g/mol. The number of aryl methyl sites for hydroxylation is 1. The SMILES string of the molecule is COc1ccccc1NC(=O)c1cnc([C@H]2CCCCN2C(=O)c2ccccn2)nc1C. The van der Waals surface area contributed by atoms with Gasteiger partial charge >= 0.3 is 0 Å². The van der Waals surface area contributed by atoms with E-state index in [1.807, 2.05) is 12.1 Å². The van der Waals surface area contributed by atoms with E-state index in [1.165, 1.54) is 6.20 Å². The van der Waals surface area contributed by atoms with E-state index in [0.717, 1.165) is 19.3 Å². The minimum atomic E-state index is -0.316. The topological polar surface area (TPSA) is 97.3 Å². The lowest BCUT2D eigenvalue weighted by atomic mass is 10.0. The van der Waals surface area contributed by atoms with Crippen molar-refractivity contribution in [3.05, 3.63) is 77.6 Å². The molecule has 1 aliphatic heterocycles. The van der Waals surface area contributed by atoms with Crippen LogP contribution in [0.4, 0.5) is 5.69 Å². The Kier molecular flexibility index (Phi) is 6.39. The number of rotatable bonds is 5. The largest absolute Gasteiger partial charge is 0.495 e. The van der Waals surface area contributed by atoms with Crippen LogP contribution in [0.3, 0.4) is 0 Å². The molecule has 1 fully saturated rings. The second-order valence-electron chi connectivity index (χ2n) is 7.61. The Bertz CT molecular complexity index is 1120.